The van der Waals surface area contributed by atoms with Gasteiger partial charge in [0.2, 0.25) is 0 Å². The predicted octanol–water partition coefficient (Wildman–Crippen LogP) is 0.794. The first kappa shape index (κ1) is 10.6. The molecule has 0 bridgehead atoms. The highest BCUT2D eigenvalue weighted by atomic mass is 31.0. The smallest absolute Gasteiger partial charge is 0.302 e. The van der Waals surface area contributed by atoms with Crippen molar-refractivity contribution in [3.05, 3.63) is 12.7 Å². The summed E-state index contributed by atoms with van der Waals surface area (Å²) in [4.78, 5) is 9.93. The molecule has 0 aliphatic heterocycles. The summed E-state index contributed by atoms with van der Waals surface area (Å²) in [5, 5.41) is 0. The van der Waals surface area contributed by atoms with Gasteiger partial charge in [0.05, 0.1) is 0 Å². The molecule has 0 rings (SSSR count). The molecular weight excluding hydrogens is 123 g/mol. The molecular formula is C5H11O2P. The van der Waals surface area contributed by atoms with Crippen molar-refractivity contribution in [2.75, 3.05) is 6.61 Å². The maximum Gasteiger partial charge on any atom is 0.302 e. The largest absolute Gasteiger partial charge is 0.462 e. The minimum Gasteiger partial charge on any atom is -0.462 e. The zero-order valence-corrected chi connectivity index (χ0v) is 6.43. The number of carbonyl (C=O) groups excluding carboxylic acids is 1. The minimum atomic E-state index is -0.264. The molecule has 0 saturated heterocycles. The van der Waals surface area contributed by atoms with Crippen molar-refractivity contribution in [3.8, 4) is 0 Å². The average molecular weight is 134 g/mol. The Morgan fingerprint density at radius 1 is 1.88 bits per heavy atom. The van der Waals surface area contributed by atoms with Gasteiger partial charge in [-0.1, -0.05) is 12.7 Å². The summed E-state index contributed by atoms with van der Waals surface area (Å²) in [5.41, 5.74) is 0. The van der Waals surface area contributed by atoms with Crippen LogP contribution >= 0.6 is 9.90 Å². The fourth-order valence-electron chi connectivity index (χ4n) is 0.176. The number of ether oxygens (including phenoxy) is 1. The molecule has 3 heteroatoms. The number of esters is 1. The monoisotopic (exact) mass is 134 g/mol. The molecule has 0 spiro atoms. The number of hydrogen-bond donors (Lipinski definition) is 0. The third-order valence-electron chi connectivity index (χ3n) is 0.404. The van der Waals surface area contributed by atoms with E-state index in [-0.39, 0.29) is 15.9 Å². The van der Waals surface area contributed by atoms with Crippen LogP contribution in [0.25, 0.3) is 0 Å². The Hall–Kier alpha value is -0.360. The van der Waals surface area contributed by atoms with Gasteiger partial charge in [-0.15, -0.1) is 0 Å². The molecule has 0 amide bonds. The van der Waals surface area contributed by atoms with E-state index in [0.29, 0.717) is 6.61 Å². The van der Waals surface area contributed by atoms with Gasteiger partial charge in [-0.3, -0.25) is 4.79 Å². The second-order valence-electron chi connectivity index (χ2n) is 1.09. The molecule has 0 radical (unpaired) electrons. The highest BCUT2D eigenvalue weighted by Crippen LogP contribution is 1.73. The summed E-state index contributed by atoms with van der Waals surface area (Å²) >= 11 is 0. The predicted molar refractivity (Wildman–Crippen MR) is 37.9 cm³/mol. The first-order chi connectivity index (χ1) is 3.27. The zero-order chi connectivity index (χ0) is 5.70. The molecule has 1 atom stereocenters. The molecule has 0 aromatic carbocycles. The van der Waals surface area contributed by atoms with E-state index in [4.69, 9.17) is 0 Å². The highest BCUT2D eigenvalue weighted by Gasteiger charge is 1.83. The lowest BCUT2D eigenvalue weighted by Gasteiger charge is -1.90. The average Bonchev–Trinajstić information content (AvgIpc) is 1.61. The second-order valence-corrected chi connectivity index (χ2v) is 1.09. The van der Waals surface area contributed by atoms with Crippen molar-refractivity contribution in [2.45, 2.75) is 6.92 Å². The van der Waals surface area contributed by atoms with Crippen LogP contribution in [-0.4, -0.2) is 12.6 Å². The molecule has 0 aromatic heterocycles. The minimum absolute atomic E-state index is 0. The van der Waals surface area contributed by atoms with Gasteiger partial charge in [-0.05, 0) is 0 Å². The molecule has 0 aliphatic carbocycles. The van der Waals surface area contributed by atoms with Crippen LogP contribution in [0, 0.1) is 0 Å². The fourth-order valence-corrected chi connectivity index (χ4v) is 0.176. The van der Waals surface area contributed by atoms with Crippen molar-refractivity contribution in [1.29, 1.82) is 0 Å². The number of rotatable bonds is 2. The van der Waals surface area contributed by atoms with Crippen LogP contribution in [0.2, 0.25) is 0 Å². The summed E-state index contributed by atoms with van der Waals surface area (Å²) < 4.78 is 4.43. The van der Waals surface area contributed by atoms with E-state index in [1.807, 2.05) is 0 Å². The van der Waals surface area contributed by atoms with Gasteiger partial charge < -0.3 is 4.74 Å². The summed E-state index contributed by atoms with van der Waals surface area (Å²) in [6.45, 7) is 5.03. The molecule has 0 aliphatic rings. The Balaban J connectivity index is 0. The Bertz CT molecular complexity index is 80.5. The molecule has 0 aromatic rings. The van der Waals surface area contributed by atoms with Gasteiger partial charge in [0, 0.05) is 6.92 Å². The Labute approximate surface area is 52.5 Å². The van der Waals surface area contributed by atoms with Crippen molar-refractivity contribution >= 4 is 15.9 Å². The SMILES string of the molecule is C=CCOC(C)=O.P. The van der Waals surface area contributed by atoms with Crippen LogP contribution in [0.15, 0.2) is 12.7 Å². The quantitative estimate of drug-likeness (QED) is 0.317. The lowest BCUT2D eigenvalue weighted by molar-refractivity contribution is -0.139. The van der Waals surface area contributed by atoms with E-state index in [2.05, 4.69) is 11.3 Å². The van der Waals surface area contributed by atoms with E-state index < -0.39 is 0 Å². The lowest BCUT2D eigenvalue weighted by atomic mass is 10.7. The number of carbonyl (C=O) groups is 1. The van der Waals surface area contributed by atoms with Gasteiger partial charge in [0.25, 0.3) is 0 Å². The van der Waals surface area contributed by atoms with Crippen LogP contribution in [0.1, 0.15) is 6.92 Å². The molecule has 48 valence electrons. The molecule has 0 heterocycles. The lowest BCUT2D eigenvalue weighted by Crippen LogP contribution is -1.96. The first-order valence-corrected chi connectivity index (χ1v) is 2.01. The van der Waals surface area contributed by atoms with Crippen molar-refractivity contribution < 1.29 is 9.53 Å². The van der Waals surface area contributed by atoms with Crippen molar-refractivity contribution in [1.82, 2.24) is 0 Å². The Morgan fingerprint density at radius 2 is 2.38 bits per heavy atom. The van der Waals surface area contributed by atoms with E-state index in [0.717, 1.165) is 0 Å². The first-order valence-electron chi connectivity index (χ1n) is 2.01. The van der Waals surface area contributed by atoms with Gasteiger partial charge in [-0.2, -0.15) is 9.90 Å². The van der Waals surface area contributed by atoms with E-state index in [1.54, 1.807) is 0 Å². The Kier molecular flexibility index (Phi) is 8.79. The normalized spacial score (nSPS) is 6.62. The van der Waals surface area contributed by atoms with Crippen molar-refractivity contribution in [3.63, 3.8) is 0 Å². The molecule has 2 nitrogen and oxygen atoms in total. The summed E-state index contributed by atoms with van der Waals surface area (Å²) in [6, 6.07) is 0. The second kappa shape index (κ2) is 6.64. The third kappa shape index (κ3) is 9.16. The summed E-state index contributed by atoms with van der Waals surface area (Å²) in [6.07, 6.45) is 1.53. The molecule has 1 unspecified atom stereocenters. The van der Waals surface area contributed by atoms with E-state index in [1.165, 1.54) is 13.0 Å². The van der Waals surface area contributed by atoms with Crippen LogP contribution < -0.4 is 0 Å². The van der Waals surface area contributed by atoms with Crippen LogP contribution in [-0.2, 0) is 9.53 Å². The van der Waals surface area contributed by atoms with E-state index in [9.17, 15) is 4.79 Å². The topological polar surface area (TPSA) is 26.3 Å². The zero-order valence-electron chi connectivity index (χ0n) is 5.02. The highest BCUT2D eigenvalue weighted by molar-refractivity contribution is 6.92. The summed E-state index contributed by atoms with van der Waals surface area (Å²) in [5.74, 6) is -0.264. The molecule has 0 saturated carbocycles. The van der Waals surface area contributed by atoms with Gasteiger partial charge in [0.1, 0.15) is 6.61 Å². The molecule has 0 N–H and O–H groups in total. The maximum atomic E-state index is 9.93. The van der Waals surface area contributed by atoms with Gasteiger partial charge >= 0.3 is 5.97 Å². The fraction of sp³-hybridized carbons (Fsp3) is 0.400. The number of hydrogen-bond acceptors (Lipinski definition) is 2. The summed E-state index contributed by atoms with van der Waals surface area (Å²) in [7, 11) is 0. The third-order valence-corrected chi connectivity index (χ3v) is 0.404. The van der Waals surface area contributed by atoms with Gasteiger partial charge in [-0.25, -0.2) is 0 Å². The van der Waals surface area contributed by atoms with Crippen LogP contribution in [0.4, 0.5) is 0 Å². The van der Waals surface area contributed by atoms with Crippen LogP contribution in [0.5, 0.6) is 0 Å². The standard InChI is InChI=1S/C5H8O2.H3P/c1-3-4-7-5(2)6;/h3H,1,4H2,2H3;1H3. The molecule has 8 heavy (non-hydrogen) atoms. The maximum absolute atomic E-state index is 9.93. The van der Waals surface area contributed by atoms with Crippen LogP contribution in [0.3, 0.4) is 0 Å². The molecule has 0 fully saturated rings. The van der Waals surface area contributed by atoms with Gasteiger partial charge in [0.15, 0.2) is 0 Å². The van der Waals surface area contributed by atoms with Crippen molar-refractivity contribution in [2.24, 2.45) is 0 Å². The Morgan fingerprint density at radius 3 is 2.50 bits per heavy atom. The van der Waals surface area contributed by atoms with E-state index >= 15 is 0 Å².